The summed E-state index contributed by atoms with van der Waals surface area (Å²) in [5, 5.41) is 4.93. The zero-order chi connectivity index (χ0) is 14.5. The fraction of sp³-hybridized carbons (Fsp3) is 0.533. The van der Waals surface area contributed by atoms with Crippen LogP contribution in [0.1, 0.15) is 38.8 Å². The lowest BCUT2D eigenvalue weighted by Gasteiger charge is -2.52. The van der Waals surface area contributed by atoms with E-state index in [4.69, 9.17) is 28.6 Å². The first-order chi connectivity index (χ1) is 9.39. The second-order valence-electron chi connectivity index (χ2n) is 6.17. The Kier molecular flexibility index (Phi) is 3.33. The van der Waals surface area contributed by atoms with Crippen LogP contribution in [0.4, 0.5) is 0 Å². The number of nitrogens with one attached hydrogen (secondary N) is 1. The van der Waals surface area contributed by atoms with Crippen molar-refractivity contribution in [2.45, 2.75) is 39.0 Å². The molecule has 0 aliphatic carbocycles. The monoisotopic (exact) mass is 310 g/mol. The third-order valence-electron chi connectivity index (χ3n) is 3.92. The van der Waals surface area contributed by atoms with Gasteiger partial charge in [0.25, 0.3) is 0 Å². The summed E-state index contributed by atoms with van der Waals surface area (Å²) in [5.41, 5.74) is 0.722. The van der Waals surface area contributed by atoms with E-state index in [1.54, 1.807) is 0 Å². The maximum Gasteiger partial charge on any atom is 0.184 e. The summed E-state index contributed by atoms with van der Waals surface area (Å²) >= 11 is 11.6. The minimum Gasteiger partial charge on any atom is -0.468 e. The Bertz CT molecular complexity index is 563. The van der Waals surface area contributed by atoms with Gasteiger partial charge >= 0.3 is 0 Å². The maximum atomic E-state index is 6.27. The van der Waals surface area contributed by atoms with Crippen molar-refractivity contribution >= 4 is 28.9 Å². The largest absolute Gasteiger partial charge is 0.468 e. The number of fused-ring (bicyclic) bond motifs is 4. The SMILES string of the molecule is CC(C)CN1C(=S)NC2CC1(C)Oc1ccc(Cl)cc12. The third kappa shape index (κ3) is 2.25. The molecule has 1 N–H and O–H groups in total. The van der Waals surface area contributed by atoms with Gasteiger partial charge in [0.1, 0.15) is 5.75 Å². The highest BCUT2D eigenvalue weighted by Crippen LogP contribution is 2.44. The number of halogens is 1. The third-order valence-corrected chi connectivity index (χ3v) is 4.49. The molecule has 108 valence electrons. The summed E-state index contributed by atoms with van der Waals surface area (Å²) in [6.45, 7) is 7.38. The molecule has 0 saturated carbocycles. The fourth-order valence-electron chi connectivity index (χ4n) is 3.03. The van der Waals surface area contributed by atoms with Crippen LogP contribution in [0.25, 0.3) is 0 Å². The second kappa shape index (κ2) is 4.78. The van der Waals surface area contributed by atoms with Crippen molar-refractivity contribution in [2.75, 3.05) is 6.54 Å². The highest BCUT2D eigenvalue weighted by molar-refractivity contribution is 7.80. The zero-order valence-electron chi connectivity index (χ0n) is 11.9. The zero-order valence-corrected chi connectivity index (χ0v) is 13.5. The summed E-state index contributed by atoms with van der Waals surface area (Å²) < 4.78 is 6.27. The van der Waals surface area contributed by atoms with Crippen LogP contribution in [0.15, 0.2) is 18.2 Å². The van der Waals surface area contributed by atoms with Crippen LogP contribution in [-0.2, 0) is 0 Å². The number of hydrogen-bond acceptors (Lipinski definition) is 2. The van der Waals surface area contributed by atoms with Crippen LogP contribution >= 0.6 is 23.8 Å². The number of nitrogens with zero attached hydrogens (tertiary/aromatic N) is 1. The van der Waals surface area contributed by atoms with E-state index in [0.29, 0.717) is 5.92 Å². The summed E-state index contributed by atoms with van der Waals surface area (Å²) in [7, 11) is 0. The molecular formula is C15H19ClN2OS. The summed E-state index contributed by atoms with van der Waals surface area (Å²) in [6, 6.07) is 5.97. The first-order valence-corrected chi connectivity index (χ1v) is 7.74. The van der Waals surface area contributed by atoms with Crippen LogP contribution < -0.4 is 10.1 Å². The van der Waals surface area contributed by atoms with Crippen molar-refractivity contribution in [3.05, 3.63) is 28.8 Å². The van der Waals surface area contributed by atoms with Gasteiger partial charge in [-0.3, -0.25) is 0 Å². The van der Waals surface area contributed by atoms with Gasteiger partial charge in [0, 0.05) is 23.6 Å². The van der Waals surface area contributed by atoms with Gasteiger partial charge in [-0.05, 0) is 43.3 Å². The van der Waals surface area contributed by atoms with Crippen molar-refractivity contribution in [2.24, 2.45) is 5.92 Å². The minimum absolute atomic E-state index is 0.179. The normalized spacial score (nSPS) is 27.9. The van der Waals surface area contributed by atoms with Crippen molar-refractivity contribution in [1.29, 1.82) is 0 Å². The van der Waals surface area contributed by atoms with Crippen molar-refractivity contribution in [3.63, 3.8) is 0 Å². The molecule has 0 aromatic heterocycles. The molecule has 2 aliphatic rings. The van der Waals surface area contributed by atoms with Gasteiger partial charge < -0.3 is 15.0 Å². The van der Waals surface area contributed by atoms with Gasteiger partial charge in [-0.15, -0.1) is 0 Å². The van der Waals surface area contributed by atoms with E-state index in [0.717, 1.165) is 34.4 Å². The molecule has 2 bridgehead atoms. The van der Waals surface area contributed by atoms with E-state index < -0.39 is 0 Å². The molecule has 5 heteroatoms. The lowest BCUT2D eigenvalue weighted by molar-refractivity contribution is -0.0721. The molecule has 2 unspecified atom stereocenters. The van der Waals surface area contributed by atoms with E-state index in [9.17, 15) is 0 Å². The average molecular weight is 311 g/mol. The molecule has 0 spiro atoms. The summed E-state index contributed by atoms with van der Waals surface area (Å²) in [4.78, 5) is 2.17. The van der Waals surface area contributed by atoms with Gasteiger partial charge in [0.2, 0.25) is 0 Å². The molecule has 0 amide bonds. The topological polar surface area (TPSA) is 24.5 Å². The highest BCUT2D eigenvalue weighted by atomic mass is 35.5. The molecule has 1 aromatic carbocycles. The quantitative estimate of drug-likeness (QED) is 0.841. The van der Waals surface area contributed by atoms with Gasteiger partial charge in [-0.2, -0.15) is 0 Å². The van der Waals surface area contributed by atoms with E-state index in [1.807, 2.05) is 18.2 Å². The second-order valence-corrected chi connectivity index (χ2v) is 6.99. The van der Waals surface area contributed by atoms with Gasteiger partial charge in [-0.1, -0.05) is 25.4 Å². The average Bonchev–Trinajstić information content (AvgIpc) is 2.35. The summed E-state index contributed by atoms with van der Waals surface area (Å²) in [6.07, 6.45) is 0.868. The predicted molar refractivity (Wildman–Crippen MR) is 85.1 cm³/mol. The standard InChI is InChI=1S/C15H19ClN2OS/c1-9(2)8-18-14(20)17-12-7-15(18,3)19-13-5-4-10(16)6-11(12)13/h4-6,9,12H,7-8H2,1-3H3,(H,17,20). The van der Waals surface area contributed by atoms with Crippen LogP contribution in [0.3, 0.4) is 0 Å². The number of ether oxygens (including phenoxy) is 1. The van der Waals surface area contributed by atoms with Crippen LogP contribution in [-0.4, -0.2) is 22.3 Å². The molecule has 2 atom stereocenters. The van der Waals surface area contributed by atoms with Crippen molar-refractivity contribution < 1.29 is 4.74 Å². The Morgan fingerprint density at radius 3 is 3.00 bits per heavy atom. The molecule has 2 aliphatic heterocycles. The lowest BCUT2D eigenvalue weighted by Crippen LogP contribution is -2.65. The molecular weight excluding hydrogens is 292 g/mol. The molecule has 20 heavy (non-hydrogen) atoms. The molecule has 1 saturated heterocycles. The molecule has 1 fully saturated rings. The smallest absolute Gasteiger partial charge is 0.184 e. The molecule has 3 rings (SSSR count). The van der Waals surface area contributed by atoms with Crippen molar-refractivity contribution in [3.8, 4) is 5.75 Å². The van der Waals surface area contributed by atoms with Crippen molar-refractivity contribution in [1.82, 2.24) is 10.2 Å². The predicted octanol–water partition coefficient (Wildman–Crippen LogP) is 3.73. The van der Waals surface area contributed by atoms with E-state index >= 15 is 0 Å². The number of rotatable bonds is 2. The van der Waals surface area contributed by atoms with E-state index in [-0.39, 0.29) is 11.8 Å². The molecule has 3 nitrogen and oxygen atoms in total. The Balaban J connectivity index is 2.00. The Labute approximate surface area is 130 Å². The lowest BCUT2D eigenvalue weighted by atomic mass is 9.90. The Morgan fingerprint density at radius 1 is 1.55 bits per heavy atom. The van der Waals surface area contributed by atoms with Gasteiger partial charge in [-0.25, -0.2) is 0 Å². The number of hydrogen-bond donors (Lipinski definition) is 1. The molecule has 1 aromatic rings. The van der Waals surface area contributed by atoms with E-state index in [1.165, 1.54) is 0 Å². The number of thiocarbonyl (C=S) groups is 1. The van der Waals surface area contributed by atoms with Gasteiger partial charge in [0.15, 0.2) is 10.8 Å². The Morgan fingerprint density at radius 2 is 2.30 bits per heavy atom. The highest BCUT2D eigenvalue weighted by Gasteiger charge is 2.47. The summed E-state index contributed by atoms with van der Waals surface area (Å²) in [5.74, 6) is 1.43. The van der Waals surface area contributed by atoms with Crippen LogP contribution in [0, 0.1) is 5.92 Å². The first-order valence-electron chi connectivity index (χ1n) is 6.95. The first kappa shape index (κ1) is 14.0. The fourth-order valence-corrected chi connectivity index (χ4v) is 3.62. The minimum atomic E-state index is -0.377. The molecule has 0 radical (unpaired) electrons. The number of benzene rings is 1. The Hall–Kier alpha value is -1.00. The van der Waals surface area contributed by atoms with Crippen LogP contribution in [0.2, 0.25) is 5.02 Å². The van der Waals surface area contributed by atoms with Gasteiger partial charge in [0.05, 0.1) is 6.04 Å². The van der Waals surface area contributed by atoms with Crippen LogP contribution in [0.5, 0.6) is 5.75 Å². The molecule has 2 heterocycles. The van der Waals surface area contributed by atoms with E-state index in [2.05, 4.69) is 31.0 Å². The maximum absolute atomic E-state index is 6.27.